The third-order valence-corrected chi connectivity index (χ3v) is 6.40. The van der Waals surface area contributed by atoms with Crippen LogP contribution in [0.15, 0.2) is 53.0 Å². The molecule has 2 amide bonds. The van der Waals surface area contributed by atoms with Crippen LogP contribution in [-0.2, 0) is 9.59 Å². The zero-order valence-corrected chi connectivity index (χ0v) is 17.7. The van der Waals surface area contributed by atoms with Crippen molar-refractivity contribution in [3.8, 4) is 0 Å². The maximum Gasteiger partial charge on any atom is 0.238 e. The van der Waals surface area contributed by atoms with Crippen LogP contribution in [0.5, 0.6) is 0 Å². The summed E-state index contributed by atoms with van der Waals surface area (Å²) in [5, 5.41) is 0.730. The van der Waals surface area contributed by atoms with E-state index in [2.05, 4.69) is 25.7 Å². The van der Waals surface area contributed by atoms with Crippen molar-refractivity contribution >= 4 is 45.0 Å². The van der Waals surface area contributed by atoms with Crippen molar-refractivity contribution in [1.29, 1.82) is 0 Å². The minimum atomic E-state index is -0.390. The number of amides is 2. The molecule has 5 nitrogen and oxygen atoms in total. The molecule has 4 rings (SSSR count). The Morgan fingerprint density at radius 3 is 2.32 bits per heavy atom. The predicted octanol–water partition coefficient (Wildman–Crippen LogP) is 3.72. The van der Waals surface area contributed by atoms with Gasteiger partial charge in [0.1, 0.15) is 0 Å². The molecule has 7 heteroatoms. The van der Waals surface area contributed by atoms with Crippen molar-refractivity contribution in [2.45, 2.75) is 12.3 Å². The molecule has 2 fully saturated rings. The lowest BCUT2D eigenvalue weighted by Crippen LogP contribution is -2.51. The molecule has 2 aliphatic rings. The SMILES string of the molecule is O=C1CC(c2ccccc2Br)C(=O)N1CN1CCN(c2ccc(Cl)cc2)CC1. The molecule has 1 unspecified atom stereocenters. The van der Waals surface area contributed by atoms with Gasteiger partial charge in [-0.2, -0.15) is 0 Å². The van der Waals surface area contributed by atoms with Crippen molar-refractivity contribution in [3.63, 3.8) is 0 Å². The van der Waals surface area contributed by atoms with E-state index in [9.17, 15) is 9.59 Å². The van der Waals surface area contributed by atoms with E-state index in [1.807, 2.05) is 48.5 Å². The van der Waals surface area contributed by atoms with Crippen LogP contribution in [0.25, 0.3) is 0 Å². The molecule has 2 aliphatic heterocycles. The molecular weight excluding hydrogens is 442 g/mol. The second kappa shape index (κ2) is 8.23. The Kier molecular flexibility index (Phi) is 5.71. The summed E-state index contributed by atoms with van der Waals surface area (Å²) in [4.78, 5) is 31.3. The van der Waals surface area contributed by atoms with E-state index in [0.717, 1.165) is 46.9 Å². The summed E-state index contributed by atoms with van der Waals surface area (Å²) in [6.07, 6.45) is 0.242. The number of imide groups is 1. The molecule has 0 saturated carbocycles. The first kappa shape index (κ1) is 19.4. The average molecular weight is 463 g/mol. The molecule has 2 saturated heterocycles. The van der Waals surface area contributed by atoms with Gasteiger partial charge in [-0.15, -0.1) is 0 Å². The quantitative estimate of drug-likeness (QED) is 0.650. The van der Waals surface area contributed by atoms with Gasteiger partial charge >= 0.3 is 0 Å². The Labute approximate surface area is 178 Å². The number of nitrogens with zero attached hydrogens (tertiary/aromatic N) is 3. The van der Waals surface area contributed by atoms with Crippen molar-refractivity contribution < 1.29 is 9.59 Å². The van der Waals surface area contributed by atoms with E-state index in [1.54, 1.807) is 0 Å². The summed E-state index contributed by atoms with van der Waals surface area (Å²) in [6.45, 7) is 3.68. The van der Waals surface area contributed by atoms with Gasteiger partial charge in [0.2, 0.25) is 11.8 Å². The summed E-state index contributed by atoms with van der Waals surface area (Å²) in [7, 11) is 0. The normalized spacial score (nSPS) is 20.9. The highest BCUT2D eigenvalue weighted by Gasteiger charge is 2.41. The third-order valence-electron chi connectivity index (χ3n) is 5.43. The van der Waals surface area contributed by atoms with Gasteiger partial charge in [0.25, 0.3) is 0 Å². The zero-order chi connectivity index (χ0) is 19.7. The fourth-order valence-corrected chi connectivity index (χ4v) is 4.52. The first-order valence-corrected chi connectivity index (χ1v) is 10.5. The molecule has 0 spiro atoms. The largest absolute Gasteiger partial charge is 0.369 e. The number of anilines is 1. The fraction of sp³-hybridized carbons (Fsp3) is 0.333. The summed E-state index contributed by atoms with van der Waals surface area (Å²) in [6, 6.07) is 15.5. The molecule has 2 aromatic rings. The third kappa shape index (κ3) is 3.95. The summed E-state index contributed by atoms with van der Waals surface area (Å²) >= 11 is 9.46. The van der Waals surface area contributed by atoms with Crippen molar-refractivity contribution in [3.05, 3.63) is 63.6 Å². The average Bonchev–Trinajstić information content (AvgIpc) is 2.98. The number of carbonyl (C=O) groups is 2. The Morgan fingerprint density at radius 2 is 1.64 bits per heavy atom. The van der Waals surface area contributed by atoms with Crippen LogP contribution in [0.4, 0.5) is 5.69 Å². The number of halogens is 2. The summed E-state index contributed by atoms with van der Waals surface area (Å²) in [5.74, 6) is -0.582. The highest BCUT2D eigenvalue weighted by molar-refractivity contribution is 9.10. The number of carbonyl (C=O) groups excluding carboxylic acids is 2. The molecule has 0 N–H and O–H groups in total. The Hall–Kier alpha value is -1.89. The molecule has 1 atom stereocenters. The first-order valence-electron chi connectivity index (χ1n) is 9.34. The highest BCUT2D eigenvalue weighted by Crippen LogP contribution is 2.34. The van der Waals surface area contributed by atoms with Gasteiger partial charge in [0.15, 0.2) is 0 Å². The number of hydrogen-bond donors (Lipinski definition) is 0. The molecule has 2 aromatic carbocycles. The minimum absolute atomic E-state index is 0.0918. The number of rotatable bonds is 4. The first-order chi connectivity index (χ1) is 13.5. The van der Waals surface area contributed by atoms with Crippen molar-refractivity contribution in [2.75, 3.05) is 37.7 Å². The van der Waals surface area contributed by atoms with E-state index < -0.39 is 5.92 Å². The van der Waals surface area contributed by atoms with Crippen molar-refractivity contribution in [2.24, 2.45) is 0 Å². The van der Waals surface area contributed by atoms with Gasteiger partial charge in [0, 0.05) is 47.8 Å². The van der Waals surface area contributed by atoms with E-state index in [-0.39, 0.29) is 18.2 Å². The molecule has 28 heavy (non-hydrogen) atoms. The zero-order valence-electron chi connectivity index (χ0n) is 15.4. The van der Waals surface area contributed by atoms with Gasteiger partial charge in [-0.3, -0.25) is 19.4 Å². The van der Waals surface area contributed by atoms with E-state index in [4.69, 9.17) is 11.6 Å². The number of hydrogen-bond acceptors (Lipinski definition) is 4. The fourth-order valence-electron chi connectivity index (χ4n) is 3.83. The Bertz CT molecular complexity index is 881. The molecule has 0 bridgehead atoms. The minimum Gasteiger partial charge on any atom is -0.369 e. The predicted molar refractivity (Wildman–Crippen MR) is 113 cm³/mol. The summed E-state index contributed by atoms with van der Waals surface area (Å²) < 4.78 is 0.875. The van der Waals surface area contributed by atoms with Gasteiger partial charge in [-0.05, 0) is 35.9 Å². The lowest BCUT2D eigenvalue weighted by molar-refractivity contribution is -0.141. The van der Waals surface area contributed by atoms with Crippen molar-refractivity contribution in [1.82, 2.24) is 9.80 Å². The lowest BCUT2D eigenvalue weighted by Gasteiger charge is -2.37. The van der Waals surface area contributed by atoms with Gasteiger partial charge in [0.05, 0.1) is 12.6 Å². The molecule has 0 radical (unpaired) electrons. The standard InChI is InChI=1S/C21H21BrClN3O2/c22-19-4-2-1-3-17(19)18-13-20(27)26(21(18)28)14-24-9-11-25(12-10-24)16-7-5-15(23)6-8-16/h1-8,18H,9-14H2. The smallest absolute Gasteiger partial charge is 0.238 e. The monoisotopic (exact) mass is 461 g/mol. The van der Waals surface area contributed by atoms with Gasteiger partial charge < -0.3 is 4.90 Å². The number of likely N-dealkylation sites (tertiary alicyclic amines) is 1. The summed E-state index contributed by atoms with van der Waals surface area (Å²) in [5.41, 5.74) is 2.03. The molecule has 146 valence electrons. The maximum atomic E-state index is 12.9. The topological polar surface area (TPSA) is 43.9 Å². The second-order valence-corrected chi connectivity index (χ2v) is 8.45. The lowest BCUT2D eigenvalue weighted by atomic mass is 9.98. The molecule has 0 aliphatic carbocycles. The molecule has 2 heterocycles. The van der Waals surface area contributed by atoms with Crippen LogP contribution in [0, 0.1) is 0 Å². The van der Waals surface area contributed by atoms with E-state index in [1.165, 1.54) is 4.90 Å². The van der Waals surface area contributed by atoms with Crippen LogP contribution >= 0.6 is 27.5 Å². The van der Waals surface area contributed by atoms with E-state index in [0.29, 0.717) is 6.67 Å². The van der Waals surface area contributed by atoms with Crippen LogP contribution in [0.1, 0.15) is 17.9 Å². The number of piperazine rings is 1. The van der Waals surface area contributed by atoms with Crippen LogP contribution in [0.2, 0.25) is 5.02 Å². The van der Waals surface area contributed by atoms with Gasteiger partial charge in [-0.1, -0.05) is 45.7 Å². The van der Waals surface area contributed by atoms with Crippen LogP contribution in [-0.4, -0.2) is 54.5 Å². The molecular formula is C21H21BrClN3O2. The van der Waals surface area contributed by atoms with Gasteiger partial charge in [-0.25, -0.2) is 0 Å². The number of benzene rings is 2. The Morgan fingerprint density at radius 1 is 0.964 bits per heavy atom. The van der Waals surface area contributed by atoms with Crippen LogP contribution in [0.3, 0.4) is 0 Å². The molecule has 0 aromatic heterocycles. The highest BCUT2D eigenvalue weighted by atomic mass is 79.9. The maximum absolute atomic E-state index is 12.9. The van der Waals surface area contributed by atoms with E-state index >= 15 is 0 Å². The Balaban J connectivity index is 1.37. The van der Waals surface area contributed by atoms with Crippen LogP contribution < -0.4 is 4.90 Å². The second-order valence-electron chi connectivity index (χ2n) is 7.16.